The number of alkyl halides is 3. The van der Waals surface area contributed by atoms with Crippen LogP contribution in [0.4, 0.5) is 24.5 Å². The molecule has 2 aromatic rings. The number of halogens is 4. The highest BCUT2D eigenvalue weighted by Gasteiger charge is 2.33. The second kappa shape index (κ2) is 8.81. The first kappa shape index (κ1) is 21.3. The zero-order valence-electron chi connectivity index (χ0n) is 15.1. The Morgan fingerprint density at radius 1 is 1.29 bits per heavy atom. The average Bonchev–Trinajstić information content (AvgIpc) is 2.64. The molecule has 0 saturated heterocycles. The lowest BCUT2D eigenvalue weighted by atomic mass is 10.1. The highest BCUT2D eigenvalue weighted by molar-refractivity contribution is 6.30. The Balaban J connectivity index is 2.29. The lowest BCUT2D eigenvalue weighted by Gasteiger charge is -2.14. The fraction of sp³-hybridized carbons (Fsp3) is 0.200. The van der Waals surface area contributed by atoms with Crippen molar-refractivity contribution < 1.29 is 18.0 Å². The van der Waals surface area contributed by atoms with E-state index >= 15 is 0 Å². The molecule has 2 N–H and O–H groups in total. The summed E-state index contributed by atoms with van der Waals surface area (Å²) in [6.07, 6.45) is -3.04. The first-order valence-electron chi connectivity index (χ1n) is 8.30. The third kappa shape index (κ3) is 5.05. The minimum atomic E-state index is -4.65. The number of aryl methyl sites for hydroxylation is 2. The number of anilines is 2. The molecule has 0 radical (unpaired) electrons. The SMILES string of the molecule is CCc1cccc(C)c1NC(=O)/C(C#N)=C\Nc1ccc(Cl)cc1C(F)(F)F. The van der Waals surface area contributed by atoms with Crippen molar-refractivity contribution in [2.24, 2.45) is 0 Å². The molecule has 0 aliphatic heterocycles. The molecule has 1 amide bonds. The number of nitrogens with zero attached hydrogens (tertiary/aromatic N) is 1. The summed E-state index contributed by atoms with van der Waals surface area (Å²) in [6, 6.07) is 10.4. The molecule has 0 fully saturated rings. The van der Waals surface area contributed by atoms with E-state index in [1.807, 2.05) is 32.0 Å². The zero-order valence-corrected chi connectivity index (χ0v) is 15.9. The summed E-state index contributed by atoms with van der Waals surface area (Å²) >= 11 is 5.64. The van der Waals surface area contributed by atoms with Gasteiger partial charge in [-0.25, -0.2) is 0 Å². The minimum absolute atomic E-state index is 0.0771. The number of benzene rings is 2. The molecule has 0 aromatic heterocycles. The number of hydrogen-bond acceptors (Lipinski definition) is 3. The molecule has 146 valence electrons. The lowest BCUT2D eigenvalue weighted by molar-refractivity contribution is -0.136. The van der Waals surface area contributed by atoms with Gasteiger partial charge in [0.2, 0.25) is 0 Å². The Kier molecular flexibility index (Phi) is 6.71. The van der Waals surface area contributed by atoms with E-state index < -0.39 is 17.6 Å². The monoisotopic (exact) mass is 407 g/mol. The van der Waals surface area contributed by atoms with E-state index in [9.17, 15) is 23.2 Å². The minimum Gasteiger partial charge on any atom is -0.360 e. The van der Waals surface area contributed by atoms with Gasteiger partial charge < -0.3 is 10.6 Å². The van der Waals surface area contributed by atoms with Crippen LogP contribution in [0, 0.1) is 18.3 Å². The first-order valence-corrected chi connectivity index (χ1v) is 8.68. The number of nitrogens with one attached hydrogen (secondary N) is 2. The zero-order chi connectivity index (χ0) is 20.9. The largest absolute Gasteiger partial charge is 0.418 e. The van der Waals surface area contributed by atoms with Gasteiger partial charge in [0.25, 0.3) is 5.91 Å². The Hall–Kier alpha value is -2.98. The number of para-hydroxylation sites is 1. The van der Waals surface area contributed by atoms with Gasteiger partial charge in [0.1, 0.15) is 11.6 Å². The van der Waals surface area contributed by atoms with Crippen molar-refractivity contribution in [1.29, 1.82) is 5.26 Å². The number of amides is 1. The van der Waals surface area contributed by atoms with Crippen LogP contribution in [0.3, 0.4) is 0 Å². The molecule has 0 aliphatic carbocycles. The molecule has 0 saturated carbocycles. The Labute approximate surface area is 165 Å². The van der Waals surface area contributed by atoms with E-state index in [2.05, 4.69) is 10.6 Å². The third-order valence-corrected chi connectivity index (χ3v) is 4.24. The standard InChI is InChI=1S/C20H17ClF3N3O/c1-3-13-6-4-5-12(2)18(13)27-19(28)14(10-25)11-26-17-8-7-15(21)9-16(17)20(22,23)24/h4-9,11,26H,3H2,1-2H3,(H,27,28)/b14-11-. The van der Waals surface area contributed by atoms with Crippen LogP contribution in [0.5, 0.6) is 0 Å². The summed E-state index contributed by atoms with van der Waals surface area (Å²) in [6.45, 7) is 3.73. The fourth-order valence-electron chi connectivity index (χ4n) is 2.56. The predicted octanol–water partition coefficient (Wildman–Crippen LogP) is 5.69. The second-order valence-corrected chi connectivity index (χ2v) is 6.35. The summed E-state index contributed by atoms with van der Waals surface area (Å²) in [5, 5.41) is 14.2. The van der Waals surface area contributed by atoms with Gasteiger partial charge in [-0.1, -0.05) is 36.7 Å². The van der Waals surface area contributed by atoms with E-state index in [1.165, 1.54) is 6.07 Å². The van der Waals surface area contributed by atoms with Gasteiger partial charge in [-0.05, 0) is 42.7 Å². The molecule has 0 atom stereocenters. The number of rotatable bonds is 5. The molecule has 0 unspecified atom stereocenters. The van der Waals surface area contributed by atoms with Gasteiger partial charge in [0, 0.05) is 16.9 Å². The second-order valence-electron chi connectivity index (χ2n) is 5.92. The van der Waals surface area contributed by atoms with E-state index in [1.54, 1.807) is 6.07 Å². The summed E-state index contributed by atoms with van der Waals surface area (Å²) in [5.74, 6) is -0.721. The summed E-state index contributed by atoms with van der Waals surface area (Å²) in [5.41, 5.74) is 0.598. The van der Waals surface area contributed by atoms with Crippen LogP contribution in [0.15, 0.2) is 48.2 Å². The van der Waals surface area contributed by atoms with Crippen LogP contribution in [0.25, 0.3) is 0 Å². The predicted molar refractivity (Wildman–Crippen MR) is 103 cm³/mol. The summed E-state index contributed by atoms with van der Waals surface area (Å²) in [4.78, 5) is 12.4. The molecule has 0 bridgehead atoms. The molecule has 0 aliphatic rings. The number of carbonyl (C=O) groups excluding carboxylic acids is 1. The molecule has 28 heavy (non-hydrogen) atoms. The van der Waals surface area contributed by atoms with Crippen molar-refractivity contribution >= 4 is 28.9 Å². The van der Waals surface area contributed by atoms with Crippen molar-refractivity contribution in [3.8, 4) is 6.07 Å². The van der Waals surface area contributed by atoms with Crippen molar-refractivity contribution in [1.82, 2.24) is 0 Å². The van der Waals surface area contributed by atoms with Crippen molar-refractivity contribution in [2.45, 2.75) is 26.4 Å². The van der Waals surface area contributed by atoms with Crippen LogP contribution in [0.2, 0.25) is 5.02 Å². The van der Waals surface area contributed by atoms with E-state index in [0.717, 1.165) is 29.5 Å². The van der Waals surface area contributed by atoms with Gasteiger partial charge in [0.15, 0.2) is 0 Å². The lowest BCUT2D eigenvalue weighted by Crippen LogP contribution is -2.17. The van der Waals surface area contributed by atoms with Crippen molar-refractivity contribution in [3.63, 3.8) is 0 Å². The van der Waals surface area contributed by atoms with Crippen LogP contribution < -0.4 is 10.6 Å². The Morgan fingerprint density at radius 2 is 2.00 bits per heavy atom. The number of hydrogen-bond donors (Lipinski definition) is 2. The van der Waals surface area contributed by atoms with Gasteiger partial charge in [-0.3, -0.25) is 4.79 Å². The van der Waals surface area contributed by atoms with Crippen LogP contribution in [-0.2, 0) is 17.4 Å². The smallest absolute Gasteiger partial charge is 0.360 e. The van der Waals surface area contributed by atoms with Crippen LogP contribution >= 0.6 is 11.6 Å². The topological polar surface area (TPSA) is 64.9 Å². The Bertz CT molecular complexity index is 962. The highest BCUT2D eigenvalue weighted by Crippen LogP contribution is 2.36. The summed E-state index contributed by atoms with van der Waals surface area (Å²) in [7, 11) is 0. The van der Waals surface area contributed by atoms with E-state index in [0.29, 0.717) is 12.1 Å². The maximum atomic E-state index is 13.1. The molecular formula is C20H17ClF3N3O. The van der Waals surface area contributed by atoms with Crippen LogP contribution in [0.1, 0.15) is 23.6 Å². The van der Waals surface area contributed by atoms with E-state index in [4.69, 9.17) is 11.6 Å². The third-order valence-electron chi connectivity index (χ3n) is 4.00. The average molecular weight is 408 g/mol. The van der Waals surface area contributed by atoms with Gasteiger partial charge in [-0.2, -0.15) is 18.4 Å². The van der Waals surface area contributed by atoms with Crippen molar-refractivity contribution in [3.05, 3.63) is 69.9 Å². The van der Waals surface area contributed by atoms with Crippen LogP contribution in [-0.4, -0.2) is 5.91 Å². The summed E-state index contributed by atoms with van der Waals surface area (Å²) < 4.78 is 39.4. The molecule has 8 heteroatoms. The first-order chi connectivity index (χ1) is 13.2. The molecule has 0 heterocycles. The molecule has 2 rings (SSSR count). The van der Waals surface area contributed by atoms with Gasteiger partial charge >= 0.3 is 6.18 Å². The molecular weight excluding hydrogens is 391 g/mol. The van der Waals surface area contributed by atoms with Gasteiger partial charge in [0.05, 0.1) is 11.3 Å². The van der Waals surface area contributed by atoms with Gasteiger partial charge in [-0.15, -0.1) is 0 Å². The maximum Gasteiger partial charge on any atom is 0.418 e. The molecule has 0 spiro atoms. The normalized spacial score (nSPS) is 11.7. The van der Waals surface area contributed by atoms with Crippen molar-refractivity contribution in [2.75, 3.05) is 10.6 Å². The van der Waals surface area contributed by atoms with E-state index in [-0.39, 0.29) is 16.3 Å². The molecule has 2 aromatic carbocycles. The Morgan fingerprint density at radius 3 is 2.61 bits per heavy atom. The quantitative estimate of drug-likeness (QED) is 0.494. The maximum absolute atomic E-state index is 13.1. The highest BCUT2D eigenvalue weighted by atomic mass is 35.5. The number of carbonyl (C=O) groups is 1. The number of nitriles is 1. The molecule has 4 nitrogen and oxygen atoms in total. The fourth-order valence-corrected chi connectivity index (χ4v) is 2.73.